The van der Waals surface area contributed by atoms with Gasteiger partial charge in [-0.1, -0.05) is 23.7 Å². The number of unbranched alkanes of at least 4 members (excludes halogenated alkanes) is 2. The summed E-state index contributed by atoms with van der Waals surface area (Å²) in [6, 6.07) is 15.2. The Morgan fingerprint density at radius 1 is 1.03 bits per heavy atom. The number of guanidine groups is 1. The minimum atomic E-state index is 0. The molecule has 3 aromatic rings. The van der Waals surface area contributed by atoms with E-state index in [4.69, 9.17) is 19.7 Å². The number of aliphatic imine (C=N–C) groups is 1. The lowest BCUT2D eigenvalue weighted by Gasteiger charge is -2.09. The van der Waals surface area contributed by atoms with E-state index in [1.807, 2.05) is 48.5 Å². The molecule has 0 saturated heterocycles. The van der Waals surface area contributed by atoms with Gasteiger partial charge in [-0.3, -0.25) is 4.99 Å². The number of rotatable bonds is 10. The average Bonchev–Trinajstić information content (AvgIpc) is 3.25. The van der Waals surface area contributed by atoms with Gasteiger partial charge in [-0.2, -0.15) is 4.98 Å². The highest BCUT2D eigenvalue weighted by Crippen LogP contribution is 2.22. The predicted molar refractivity (Wildman–Crippen MR) is 132 cm³/mol. The standard InChI is InChI=1S/C22H27N5O3.HI/c1-28-17-13-11-16(12-14-17)21-26-20(30-27-21)10-4-3-7-15-24-22(23)25-18-8-5-6-9-19(18)29-2;/h5-6,8-9,11-14H,3-4,7,10,15H2,1-2H3,(H3,23,24,25);1H. The fourth-order valence-corrected chi connectivity index (χ4v) is 2.90. The molecule has 3 rings (SSSR count). The second-order valence-corrected chi connectivity index (χ2v) is 6.64. The Bertz CT molecular complexity index is 960. The summed E-state index contributed by atoms with van der Waals surface area (Å²) in [7, 11) is 3.26. The number of hydrogen-bond acceptors (Lipinski definition) is 6. The van der Waals surface area contributed by atoms with E-state index in [1.165, 1.54) is 0 Å². The largest absolute Gasteiger partial charge is 0.497 e. The van der Waals surface area contributed by atoms with Crippen molar-refractivity contribution in [2.75, 3.05) is 26.1 Å². The van der Waals surface area contributed by atoms with Crippen molar-refractivity contribution in [3.05, 3.63) is 54.4 Å². The van der Waals surface area contributed by atoms with E-state index in [-0.39, 0.29) is 24.0 Å². The summed E-state index contributed by atoms with van der Waals surface area (Å²) in [4.78, 5) is 8.82. The van der Waals surface area contributed by atoms with Crippen LogP contribution >= 0.6 is 24.0 Å². The number of nitrogens with two attached hydrogens (primary N) is 1. The Labute approximate surface area is 199 Å². The Hall–Kier alpha value is -2.82. The molecule has 0 unspecified atom stereocenters. The number of halogens is 1. The Morgan fingerprint density at radius 2 is 1.81 bits per heavy atom. The van der Waals surface area contributed by atoms with Gasteiger partial charge in [0, 0.05) is 18.5 Å². The Balaban J connectivity index is 0.00000341. The van der Waals surface area contributed by atoms with Crippen molar-refractivity contribution in [2.45, 2.75) is 25.7 Å². The normalized spacial score (nSPS) is 11.0. The molecule has 9 heteroatoms. The fourth-order valence-electron chi connectivity index (χ4n) is 2.90. The smallest absolute Gasteiger partial charge is 0.226 e. The molecule has 1 aromatic heterocycles. The van der Waals surface area contributed by atoms with E-state index in [2.05, 4.69) is 20.4 Å². The second kappa shape index (κ2) is 12.8. The van der Waals surface area contributed by atoms with Gasteiger partial charge in [0.2, 0.25) is 11.7 Å². The SMILES string of the molecule is COc1ccc(-c2noc(CCCCCN=C(N)Nc3ccccc3OC)n2)cc1.I. The molecule has 0 amide bonds. The highest BCUT2D eigenvalue weighted by molar-refractivity contribution is 14.0. The quantitative estimate of drug-likeness (QED) is 0.170. The van der Waals surface area contributed by atoms with Crippen molar-refractivity contribution in [3.63, 3.8) is 0 Å². The molecule has 0 spiro atoms. The lowest BCUT2D eigenvalue weighted by atomic mass is 10.2. The summed E-state index contributed by atoms with van der Waals surface area (Å²) >= 11 is 0. The molecule has 1 heterocycles. The number of nitrogens with one attached hydrogen (secondary N) is 1. The Kier molecular flexibility index (Phi) is 10.1. The molecule has 0 radical (unpaired) electrons. The van der Waals surface area contributed by atoms with Crippen molar-refractivity contribution in [1.82, 2.24) is 10.1 Å². The molecule has 0 atom stereocenters. The maximum Gasteiger partial charge on any atom is 0.226 e. The summed E-state index contributed by atoms with van der Waals surface area (Å²) in [6.45, 7) is 0.648. The Morgan fingerprint density at radius 3 is 2.55 bits per heavy atom. The van der Waals surface area contributed by atoms with Crippen LogP contribution in [0.15, 0.2) is 58.0 Å². The lowest BCUT2D eigenvalue weighted by Crippen LogP contribution is -2.23. The van der Waals surface area contributed by atoms with Crippen LogP contribution in [0.25, 0.3) is 11.4 Å². The van der Waals surface area contributed by atoms with E-state index in [0.29, 0.717) is 24.2 Å². The van der Waals surface area contributed by atoms with Gasteiger partial charge in [-0.05, 0) is 49.2 Å². The third-order valence-corrected chi connectivity index (χ3v) is 4.52. The van der Waals surface area contributed by atoms with Gasteiger partial charge >= 0.3 is 0 Å². The number of aromatic nitrogens is 2. The predicted octanol–water partition coefficient (Wildman–Crippen LogP) is 4.51. The first kappa shape index (κ1) is 24.4. The average molecular weight is 537 g/mol. The first-order chi connectivity index (χ1) is 14.7. The molecule has 3 N–H and O–H groups in total. The van der Waals surface area contributed by atoms with Crippen LogP contribution in [0, 0.1) is 0 Å². The van der Waals surface area contributed by atoms with E-state index in [0.717, 1.165) is 48.4 Å². The van der Waals surface area contributed by atoms with Gasteiger partial charge in [-0.15, -0.1) is 24.0 Å². The second-order valence-electron chi connectivity index (χ2n) is 6.64. The van der Waals surface area contributed by atoms with E-state index >= 15 is 0 Å². The van der Waals surface area contributed by atoms with Gasteiger partial charge in [0.25, 0.3) is 0 Å². The number of ether oxygens (including phenoxy) is 2. The van der Waals surface area contributed by atoms with Crippen LogP contribution in [0.4, 0.5) is 5.69 Å². The van der Waals surface area contributed by atoms with Crippen molar-refractivity contribution in [3.8, 4) is 22.9 Å². The highest BCUT2D eigenvalue weighted by Gasteiger charge is 2.08. The molecule has 31 heavy (non-hydrogen) atoms. The third-order valence-electron chi connectivity index (χ3n) is 4.52. The summed E-state index contributed by atoms with van der Waals surface area (Å²) in [5, 5.41) is 7.12. The van der Waals surface area contributed by atoms with Crippen molar-refractivity contribution >= 4 is 35.6 Å². The summed E-state index contributed by atoms with van der Waals surface area (Å²) < 4.78 is 15.8. The van der Waals surface area contributed by atoms with Crippen LogP contribution in [-0.4, -0.2) is 36.9 Å². The number of methoxy groups -OCH3 is 2. The molecule has 0 aliphatic rings. The van der Waals surface area contributed by atoms with Crippen LogP contribution in [-0.2, 0) is 6.42 Å². The fraction of sp³-hybridized carbons (Fsp3) is 0.318. The van der Waals surface area contributed by atoms with Gasteiger partial charge in [-0.25, -0.2) is 0 Å². The molecular formula is C22H28IN5O3. The summed E-state index contributed by atoms with van der Waals surface area (Å²) in [5.41, 5.74) is 7.65. The van der Waals surface area contributed by atoms with Crippen LogP contribution in [0.2, 0.25) is 0 Å². The zero-order chi connectivity index (χ0) is 21.2. The van der Waals surface area contributed by atoms with E-state index in [9.17, 15) is 0 Å². The molecule has 0 bridgehead atoms. The van der Waals surface area contributed by atoms with Crippen LogP contribution < -0.4 is 20.5 Å². The lowest BCUT2D eigenvalue weighted by molar-refractivity contribution is 0.374. The third kappa shape index (κ3) is 7.42. The van der Waals surface area contributed by atoms with Crippen LogP contribution in [0.5, 0.6) is 11.5 Å². The first-order valence-electron chi connectivity index (χ1n) is 9.86. The number of anilines is 1. The van der Waals surface area contributed by atoms with Crippen molar-refractivity contribution < 1.29 is 14.0 Å². The van der Waals surface area contributed by atoms with E-state index in [1.54, 1.807) is 14.2 Å². The van der Waals surface area contributed by atoms with Gasteiger partial charge in [0.05, 0.1) is 19.9 Å². The molecule has 166 valence electrons. The minimum Gasteiger partial charge on any atom is -0.497 e. The van der Waals surface area contributed by atoms with E-state index < -0.39 is 0 Å². The summed E-state index contributed by atoms with van der Waals surface area (Å²) in [6.07, 6.45) is 3.60. The number of para-hydroxylation sites is 2. The van der Waals surface area contributed by atoms with Crippen LogP contribution in [0.1, 0.15) is 25.2 Å². The molecule has 0 fully saturated rings. The van der Waals surface area contributed by atoms with Crippen molar-refractivity contribution in [1.29, 1.82) is 0 Å². The molecule has 0 aliphatic heterocycles. The molecule has 0 aliphatic carbocycles. The zero-order valence-corrected chi connectivity index (χ0v) is 20.0. The van der Waals surface area contributed by atoms with Crippen LogP contribution in [0.3, 0.4) is 0 Å². The summed E-state index contributed by atoms with van der Waals surface area (Å²) in [5.74, 6) is 3.13. The number of aryl methyl sites for hydroxylation is 1. The van der Waals surface area contributed by atoms with Gasteiger partial charge < -0.3 is 25.0 Å². The minimum absolute atomic E-state index is 0. The van der Waals surface area contributed by atoms with Gasteiger partial charge in [0.15, 0.2) is 5.96 Å². The maximum absolute atomic E-state index is 5.95. The number of benzene rings is 2. The topological polar surface area (TPSA) is 108 Å². The molecule has 8 nitrogen and oxygen atoms in total. The number of hydrogen-bond donors (Lipinski definition) is 2. The zero-order valence-electron chi connectivity index (χ0n) is 17.7. The molecule has 2 aromatic carbocycles. The molecular weight excluding hydrogens is 509 g/mol. The molecule has 0 saturated carbocycles. The highest BCUT2D eigenvalue weighted by atomic mass is 127. The maximum atomic E-state index is 5.95. The van der Waals surface area contributed by atoms with Crippen molar-refractivity contribution in [2.24, 2.45) is 10.7 Å². The number of nitrogens with zero attached hydrogens (tertiary/aromatic N) is 3. The van der Waals surface area contributed by atoms with Gasteiger partial charge in [0.1, 0.15) is 11.5 Å². The first-order valence-corrected chi connectivity index (χ1v) is 9.86. The monoisotopic (exact) mass is 537 g/mol.